The molecule has 3 fully saturated rings. The summed E-state index contributed by atoms with van der Waals surface area (Å²) in [5.41, 5.74) is -0.00859. The molecule has 1 heteroatoms. The van der Waals surface area contributed by atoms with Crippen LogP contribution in [0.5, 0.6) is 0 Å². The van der Waals surface area contributed by atoms with Crippen LogP contribution in [0.2, 0.25) is 0 Å². The third-order valence-electron chi connectivity index (χ3n) is 7.75. The van der Waals surface area contributed by atoms with Gasteiger partial charge in [-0.05, 0) is 87.9 Å². The molecule has 0 saturated heterocycles. The highest BCUT2D eigenvalue weighted by Crippen LogP contribution is 2.52. The van der Waals surface area contributed by atoms with Crippen LogP contribution in [0.3, 0.4) is 0 Å². The van der Waals surface area contributed by atoms with E-state index >= 15 is 0 Å². The molecule has 3 aliphatic rings. The first kappa shape index (κ1) is 17.3. The highest BCUT2D eigenvalue weighted by atomic mass is 14.5. The Balaban J connectivity index is 1.47. The van der Waals surface area contributed by atoms with E-state index in [1.807, 2.05) is 0 Å². The summed E-state index contributed by atoms with van der Waals surface area (Å²) >= 11 is 0. The molecule has 0 amide bonds. The molecule has 0 aromatic rings. The Bertz CT molecular complexity index is 414. The van der Waals surface area contributed by atoms with Gasteiger partial charge in [0.1, 0.15) is 0 Å². The fraction of sp³-hybridized carbons (Fsp3) is 0.955. The maximum Gasteiger partial charge on any atom is 0.0686 e. The van der Waals surface area contributed by atoms with Crippen LogP contribution in [0, 0.1) is 46.3 Å². The molecular weight excluding hydrogens is 278 g/mol. The number of nitriles is 1. The monoisotopic (exact) mass is 315 g/mol. The number of fused-ring (bicyclic) bond motifs is 1. The number of hydrogen-bond acceptors (Lipinski definition) is 1. The zero-order chi connectivity index (χ0) is 16.3. The van der Waals surface area contributed by atoms with E-state index in [-0.39, 0.29) is 5.41 Å². The summed E-state index contributed by atoms with van der Waals surface area (Å²) in [4.78, 5) is 0. The topological polar surface area (TPSA) is 23.8 Å². The number of unbranched alkanes of at least 4 members (excludes halogenated alkanes) is 1. The van der Waals surface area contributed by atoms with Crippen LogP contribution in [-0.2, 0) is 0 Å². The molecule has 1 nitrogen and oxygen atoms in total. The number of hydrogen-bond donors (Lipinski definition) is 0. The molecule has 0 heterocycles. The number of nitrogens with zero attached hydrogens (tertiary/aromatic N) is 1. The average Bonchev–Trinajstić information content (AvgIpc) is 2.60. The van der Waals surface area contributed by atoms with Crippen molar-refractivity contribution in [3.05, 3.63) is 0 Å². The number of rotatable bonds is 4. The smallest absolute Gasteiger partial charge is 0.0686 e. The summed E-state index contributed by atoms with van der Waals surface area (Å²) in [6.07, 6.45) is 18.4. The Labute approximate surface area is 144 Å². The molecule has 3 saturated carbocycles. The van der Waals surface area contributed by atoms with Gasteiger partial charge in [0.05, 0.1) is 11.5 Å². The summed E-state index contributed by atoms with van der Waals surface area (Å²) in [5, 5.41) is 9.43. The maximum absolute atomic E-state index is 9.43. The SMILES string of the molecule is CCCCC1CCC(C2CCC3CC(C)(C#N)CCC3C2)CC1. The van der Waals surface area contributed by atoms with Gasteiger partial charge in [0, 0.05) is 0 Å². The van der Waals surface area contributed by atoms with Crippen molar-refractivity contribution in [1.29, 1.82) is 5.26 Å². The summed E-state index contributed by atoms with van der Waals surface area (Å²) in [6, 6.07) is 2.61. The van der Waals surface area contributed by atoms with Crippen LogP contribution in [0.25, 0.3) is 0 Å². The average molecular weight is 316 g/mol. The molecule has 4 atom stereocenters. The van der Waals surface area contributed by atoms with Crippen LogP contribution >= 0.6 is 0 Å². The van der Waals surface area contributed by atoms with E-state index in [0.717, 1.165) is 36.0 Å². The second kappa shape index (κ2) is 7.58. The Hall–Kier alpha value is -0.510. The predicted molar refractivity (Wildman–Crippen MR) is 96.9 cm³/mol. The van der Waals surface area contributed by atoms with E-state index in [0.29, 0.717) is 0 Å². The molecule has 0 aromatic heterocycles. The molecule has 0 aliphatic heterocycles. The van der Waals surface area contributed by atoms with Crippen molar-refractivity contribution in [2.24, 2.45) is 35.0 Å². The van der Waals surface area contributed by atoms with Gasteiger partial charge < -0.3 is 0 Å². The van der Waals surface area contributed by atoms with Gasteiger partial charge in [-0.2, -0.15) is 5.26 Å². The fourth-order valence-corrected chi connectivity index (χ4v) is 6.14. The van der Waals surface area contributed by atoms with Crippen LogP contribution in [0.4, 0.5) is 0 Å². The van der Waals surface area contributed by atoms with Crippen molar-refractivity contribution < 1.29 is 0 Å². The fourth-order valence-electron chi connectivity index (χ4n) is 6.14. The van der Waals surface area contributed by atoms with E-state index in [2.05, 4.69) is 19.9 Å². The molecular formula is C22H37N. The van der Waals surface area contributed by atoms with Crippen LogP contribution in [0.15, 0.2) is 0 Å². The normalized spacial score (nSPS) is 44.3. The lowest BCUT2D eigenvalue weighted by atomic mass is 9.58. The minimum atomic E-state index is -0.00859. The molecule has 23 heavy (non-hydrogen) atoms. The largest absolute Gasteiger partial charge is 0.198 e. The lowest BCUT2D eigenvalue weighted by molar-refractivity contribution is 0.0468. The molecule has 0 bridgehead atoms. The lowest BCUT2D eigenvalue weighted by Gasteiger charge is -2.46. The van der Waals surface area contributed by atoms with E-state index in [4.69, 9.17) is 0 Å². The van der Waals surface area contributed by atoms with Gasteiger partial charge in [-0.15, -0.1) is 0 Å². The molecule has 0 aromatic carbocycles. The quantitative estimate of drug-likeness (QED) is 0.564. The van der Waals surface area contributed by atoms with Crippen LogP contribution in [-0.4, -0.2) is 0 Å². The first-order valence-corrected chi connectivity index (χ1v) is 10.5. The molecule has 4 unspecified atom stereocenters. The Morgan fingerprint density at radius 1 is 0.913 bits per heavy atom. The predicted octanol–water partition coefficient (Wildman–Crippen LogP) is 6.73. The van der Waals surface area contributed by atoms with Crippen molar-refractivity contribution in [2.75, 3.05) is 0 Å². The van der Waals surface area contributed by atoms with Gasteiger partial charge >= 0.3 is 0 Å². The first-order chi connectivity index (χ1) is 11.1. The van der Waals surface area contributed by atoms with E-state index < -0.39 is 0 Å². The maximum atomic E-state index is 9.43. The Morgan fingerprint density at radius 2 is 1.57 bits per heavy atom. The van der Waals surface area contributed by atoms with Gasteiger partial charge in [-0.25, -0.2) is 0 Å². The molecule has 130 valence electrons. The minimum absolute atomic E-state index is 0.00859. The summed E-state index contributed by atoms with van der Waals surface area (Å²) in [5.74, 6) is 4.93. The van der Waals surface area contributed by atoms with Crippen molar-refractivity contribution >= 4 is 0 Å². The molecule has 0 spiro atoms. The van der Waals surface area contributed by atoms with Gasteiger partial charge in [0.15, 0.2) is 0 Å². The lowest BCUT2D eigenvalue weighted by Crippen LogP contribution is -2.37. The summed E-state index contributed by atoms with van der Waals surface area (Å²) < 4.78 is 0. The molecule has 0 radical (unpaired) electrons. The van der Waals surface area contributed by atoms with E-state index in [1.54, 1.807) is 0 Å². The standard InChI is InChI=1S/C22H37N/c1-3-4-5-17-6-8-18(9-7-17)19-10-11-21-15-22(2,16-23)13-12-20(21)14-19/h17-21H,3-15H2,1-2H3. The van der Waals surface area contributed by atoms with Crippen molar-refractivity contribution in [3.8, 4) is 6.07 Å². The highest BCUT2D eigenvalue weighted by Gasteiger charge is 2.42. The van der Waals surface area contributed by atoms with Gasteiger partial charge in [-0.3, -0.25) is 0 Å². The Kier molecular flexibility index (Phi) is 5.71. The second-order valence-electron chi connectivity index (χ2n) is 9.43. The molecule has 3 aliphatic carbocycles. The zero-order valence-corrected chi connectivity index (χ0v) is 15.5. The van der Waals surface area contributed by atoms with Crippen molar-refractivity contribution in [1.82, 2.24) is 0 Å². The van der Waals surface area contributed by atoms with Gasteiger partial charge in [0.25, 0.3) is 0 Å². The molecule has 0 N–H and O–H groups in total. The third kappa shape index (κ3) is 4.12. The summed E-state index contributed by atoms with van der Waals surface area (Å²) in [6.45, 7) is 4.53. The Morgan fingerprint density at radius 3 is 2.26 bits per heavy atom. The van der Waals surface area contributed by atoms with Crippen LogP contribution in [0.1, 0.15) is 97.3 Å². The van der Waals surface area contributed by atoms with Gasteiger partial charge in [0.2, 0.25) is 0 Å². The summed E-state index contributed by atoms with van der Waals surface area (Å²) in [7, 11) is 0. The van der Waals surface area contributed by atoms with E-state index in [1.165, 1.54) is 77.0 Å². The third-order valence-corrected chi connectivity index (χ3v) is 7.75. The van der Waals surface area contributed by atoms with Crippen molar-refractivity contribution in [2.45, 2.75) is 97.3 Å². The highest BCUT2D eigenvalue weighted by molar-refractivity contribution is 5.02. The van der Waals surface area contributed by atoms with Crippen LogP contribution < -0.4 is 0 Å². The molecule has 3 rings (SSSR count). The van der Waals surface area contributed by atoms with Crippen molar-refractivity contribution in [3.63, 3.8) is 0 Å². The van der Waals surface area contributed by atoms with E-state index in [9.17, 15) is 5.26 Å². The van der Waals surface area contributed by atoms with Gasteiger partial charge in [-0.1, -0.05) is 39.0 Å². The minimum Gasteiger partial charge on any atom is -0.198 e. The zero-order valence-electron chi connectivity index (χ0n) is 15.5. The first-order valence-electron chi connectivity index (χ1n) is 10.5. The second-order valence-corrected chi connectivity index (χ2v) is 9.43.